The number of hydrogen-bond donors (Lipinski definition) is 0. The molecule has 5 rings (SSSR count). The molecule has 3 aromatic rings. The third-order valence-corrected chi connectivity index (χ3v) is 7.81. The summed E-state index contributed by atoms with van der Waals surface area (Å²) in [5, 5.41) is 1.53. The Hall–Kier alpha value is -1.83. The zero-order valence-electron chi connectivity index (χ0n) is 14.9. The van der Waals surface area contributed by atoms with Crippen LogP contribution in [0, 0.1) is 0 Å². The Balaban J connectivity index is 1.73. The SMILES string of the molecule is O=C1OCCC1Sc1nc2sc3c(c2c(=O)n1-c1ccc(Cl)cc1)CCCC3. The summed E-state index contributed by atoms with van der Waals surface area (Å²) >= 11 is 8.97. The van der Waals surface area contributed by atoms with Gasteiger partial charge in [-0.1, -0.05) is 23.4 Å². The van der Waals surface area contributed by atoms with Crippen molar-refractivity contribution in [2.75, 3.05) is 6.61 Å². The number of carbonyl (C=O) groups is 1. The molecule has 1 aliphatic heterocycles. The molecule has 5 nitrogen and oxygen atoms in total. The molecule has 3 heterocycles. The number of aromatic nitrogens is 2. The predicted molar refractivity (Wildman–Crippen MR) is 112 cm³/mol. The van der Waals surface area contributed by atoms with Gasteiger partial charge in [0.05, 0.1) is 17.7 Å². The second-order valence-electron chi connectivity index (χ2n) is 6.97. The van der Waals surface area contributed by atoms with Crippen LogP contribution in [-0.2, 0) is 22.4 Å². The Morgan fingerprint density at radius 3 is 2.71 bits per heavy atom. The van der Waals surface area contributed by atoms with Gasteiger partial charge in [-0.15, -0.1) is 11.3 Å². The molecule has 144 valence electrons. The largest absolute Gasteiger partial charge is 0.465 e. The van der Waals surface area contributed by atoms with Gasteiger partial charge in [0.2, 0.25) is 0 Å². The van der Waals surface area contributed by atoms with Crippen LogP contribution in [0.25, 0.3) is 15.9 Å². The van der Waals surface area contributed by atoms with Crippen LogP contribution in [0.4, 0.5) is 0 Å². The molecule has 1 unspecified atom stereocenters. The van der Waals surface area contributed by atoms with E-state index in [9.17, 15) is 9.59 Å². The third kappa shape index (κ3) is 3.06. The number of rotatable bonds is 3. The second-order valence-corrected chi connectivity index (χ2v) is 9.66. The van der Waals surface area contributed by atoms with Crippen molar-refractivity contribution in [3.8, 4) is 5.69 Å². The van der Waals surface area contributed by atoms with Crippen molar-refractivity contribution in [3.05, 3.63) is 50.1 Å². The molecule has 1 fully saturated rings. The molecule has 0 saturated carbocycles. The Labute approximate surface area is 174 Å². The lowest BCUT2D eigenvalue weighted by molar-refractivity contribution is -0.137. The summed E-state index contributed by atoms with van der Waals surface area (Å²) in [6.07, 6.45) is 4.81. The number of thiophene rings is 1. The first-order chi connectivity index (χ1) is 13.6. The topological polar surface area (TPSA) is 61.2 Å². The van der Waals surface area contributed by atoms with Crippen molar-refractivity contribution in [2.45, 2.75) is 42.5 Å². The van der Waals surface area contributed by atoms with Gasteiger partial charge < -0.3 is 4.74 Å². The first-order valence-corrected chi connectivity index (χ1v) is 11.4. The van der Waals surface area contributed by atoms with Crippen LogP contribution in [-0.4, -0.2) is 27.4 Å². The number of hydrogen-bond acceptors (Lipinski definition) is 6. The first kappa shape index (κ1) is 18.2. The molecule has 0 N–H and O–H groups in total. The van der Waals surface area contributed by atoms with Crippen LogP contribution in [0.15, 0.2) is 34.2 Å². The average Bonchev–Trinajstić information content (AvgIpc) is 3.26. The van der Waals surface area contributed by atoms with E-state index in [1.165, 1.54) is 16.6 Å². The fraction of sp³-hybridized carbons (Fsp3) is 0.350. The number of nitrogens with zero attached hydrogens (tertiary/aromatic N) is 2. The Morgan fingerprint density at radius 1 is 1.18 bits per heavy atom. The third-order valence-electron chi connectivity index (χ3n) is 5.18. The van der Waals surface area contributed by atoms with Crippen molar-refractivity contribution in [1.82, 2.24) is 9.55 Å². The van der Waals surface area contributed by atoms with Crippen LogP contribution in [0.2, 0.25) is 5.02 Å². The number of ether oxygens (including phenoxy) is 1. The van der Waals surface area contributed by atoms with Crippen molar-refractivity contribution in [1.29, 1.82) is 0 Å². The van der Waals surface area contributed by atoms with Gasteiger partial charge in [0.1, 0.15) is 10.1 Å². The molecule has 0 amide bonds. The minimum absolute atomic E-state index is 0.0689. The van der Waals surface area contributed by atoms with Gasteiger partial charge in [-0.25, -0.2) is 4.98 Å². The van der Waals surface area contributed by atoms with Crippen molar-refractivity contribution in [3.63, 3.8) is 0 Å². The first-order valence-electron chi connectivity index (χ1n) is 9.28. The Bertz CT molecular complexity index is 1140. The molecule has 1 atom stereocenters. The van der Waals surface area contributed by atoms with Gasteiger partial charge in [0, 0.05) is 16.3 Å². The zero-order valence-corrected chi connectivity index (χ0v) is 17.3. The summed E-state index contributed by atoms with van der Waals surface area (Å²) in [5.74, 6) is -0.243. The maximum atomic E-state index is 13.6. The van der Waals surface area contributed by atoms with Gasteiger partial charge >= 0.3 is 5.97 Å². The van der Waals surface area contributed by atoms with Crippen molar-refractivity contribution >= 4 is 50.9 Å². The summed E-state index contributed by atoms with van der Waals surface area (Å²) in [5.41, 5.74) is 1.79. The number of esters is 1. The molecular formula is C20H17ClN2O3S2. The minimum Gasteiger partial charge on any atom is -0.465 e. The van der Waals surface area contributed by atoms with Crippen LogP contribution in [0.3, 0.4) is 0 Å². The van der Waals surface area contributed by atoms with Gasteiger partial charge in [-0.2, -0.15) is 0 Å². The van der Waals surface area contributed by atoms with E-state index in [1.807, 2.05) is 12.1 Å². The normalized spacial score (nSPS) is 19.0. The lowest BCUT2D eigenvalue weighted by atomic mass is 9.97. The van der Waals surface area contributed by atoms with E-state index in [-0.39, 0.29) is 16.8 Å². The molecule has 0 bridgehead atoms. The number of cyclic esters (lactones) is 1. The summed E-state index contributed by atoms with van der Waals surface area (Å²) in [7, 11) is 0. The predicted octanol–water partition coefficient (Wildman–Crippen LogP) is 4.39. The van der Waals surface area contributed by atoms with E-state index in [0.29, 0.717) is 28.9 Å². The molecule has 8 heteroatoms. The number of aryl methyl sites for hydroxylation is 2. The molecule has 28 heavy (non-hydrogen) atoms. The molecular weight excluding hydrogens is 416 g/mol. The minimum atomic E-state index is -0.336. The van der Waals surface area contributed by atoms with Crippen LogP contribution in [0.1, 0.15) is 29.7 Å². The fourth-order valence-electron chi connectivity index (χ4n) is 3.79. The summed E-state index contributed by atoms with van der Waals surface area (Å²) in [6.45, 7) is 0.414. The molecule has 1 aromatic carbocycles. The number of benzene rings is 1. The molecule has 2 aliphatic rings. The van der Waals surface area contributed by atoms with E-state index in [2.05, 4.69) is 0 Å². The van der Waals surface area contributed by atoms with Crippen LogP contribution >= 0.6 is 34.7 Å². The second kappa shape index (κ2) is 7.21. The lowest BCUT2D eigenvalue weighted by Crippen LogP contribution is -2.23. The van der Waals surface area contributed by atoms with Crippen LogP contribution in [0.5, 0.6) is 0 Å². The van der Waals surface area contributed by atoms with Crippen molar-refractivity contribution in [2.24, 2.45) is 0 Å². The number of thioether (sulfide) groups is 1. The summed E-state index contributed by atoms with van der Waals surface area (Å²) in [4.78, 5) is 32.5. The van der Waals surface area contributed by atoms with Gasteiger partial charge in [-0.05, 0) is 55.5 Å². The average molecular weight is 433 g/mol. The molecule has 0 spiro atoms. The molecule has 1 saturated heterocycles. The quantitative estimate of drug-likeness (QED) is 0.453. The molecule has 1 aliphatic carbocycles. The maximum absolute atomic E-state index is 13.6. The number of fused-ring (bicyclic) bond motifs is 3. The highest BCUT2D eigenvalue weighted by Crippen LogP contribution is 2.36. The Morgan fingerprint density at radius 2 is 1.96 bits per heavy atom. The molecule has 2 aromatic heterocycles. The Kier molecular flexibility index (Phi) is 4.69. The van der Waals surface area contributed by atoms with Gasteiger partial charge in [0.25, 0.3) is 5.56 Å². The van der Waals surface area contributed by atoms with E-state index in [1.54, 1.807) is 28.0 Å². The fourth-order valence-corrected chi connectivity index (χ4v) is 6.30. The van der Waals surface area contributed by atoms with E-state index in [4.69, 9.17) is 21.3 Å². The van der Waals surface area contributed by atoms with Crippen molar-refractivity contribution < 1.29 is 9.53 Å². The smallest absolute Gasteiger partial charge is 0.319 e. The maximum Gasteiger partial charge on any atom is 0.319 e. The van der Waals surface area contributed by atoms with E-state index < -0.39 is 0 Å². The monoisotopic (exact) mass is 432 g/mol. The van der Waals surface area contributed by atoms with Gasteiger partial charge in [0.15, 0.2) is 5.16 Å². The van der Waals surface area contributed by atoms with Crippen LogP contribution < -0.4 is 5.56 Å². The number of halogens is 1. The summed E-state index contributed by atoms with van der Waals surface area (Å²) in [6, 6.07) is 7.14. The zero-order chi connectivity index (χ0) is 19.3. The van der Waals surface area contributed by atoms with E-state index in [0.717, 1.165) is 41.5 Å². The summed E-state index contributed by atoms with van der Waals surface area (Å²) < 4.78 is 6.71. The van der Waals surface area contributed by atoms with Gasteiger partial charge in [-0.3, -0.25) is 14.2 Å². The highest BCUT2D eigenvalue weighted by Gasteiger charge is 2.31. The highest BCUT2D eigenvalue weighted by atomic mass is 35.5. The highest BCUT2D eigenvalue weighted by molar-refractivity contribution is 8.00. The standard InChI is InChI=1S/C20H17ClN2O3S2/c21-11-5-7-12(8-6-11)23-18(24)16-13-3-1-2-4-14(13)27-17(16)22-20(23)28-15-9-10-26-19(15)25/h5-8,15H,1-4,9-10H2. The number of carbonyl (C=O) groups excluding carboxylic acids is 1. The van der Waals surface area contributed by atoms with E-state index >= 15 is 0 Å². The molecule has 0 radical (unpaired) electrons. The lowest BCUT2D eigenvalue weighted by Gasteiger charge is -2.14.